The molecule has 2 heterocycles. The number of halogens is 1. The average molecular weight is 262 g/mol. The van der Waals surface area contributed by atoms with Crippen LogP contribution in [0, 0.1) is 0 Å². The molecule has 2 N–H and O–H groups in total. The van der Waals surface area contributed by atoms with Gasteiger partial charge in [0.15, 0.2) is 5.22 Å². The van der Waals surface area contributed by atoms with E-state index in [1.54, 1.807) is 12.4 Å². The number of para-hydroxylation sites is 1. The lowest BCUT2D eigenvalue weighted by Gasteiger charge is -2.01. The lowest BCUT2D eigenvalue weighted by molar-refractivity contribution is 0.602. The Morgan fingerprint density at radius 1 is 1.28 bits per heavy atom. The van der Waals surface area contributed by atoms with Crippen LogP contribution in [0.25, 0.3) is 11.0 Å². The number of nitrogens with one attached hydrogen (secondary N) is 2. The van der Waals surface area contributed by atoms with Crippen molar-refractivity contribution in [1.82, 2.24) is 15.3 Å². The fourth-order valence-electron chi connectivity index (χ4n) is 1.93. The number of imidazole rings is 1. The van der Waals surface area contributed by atoms with E-state index >= 15 is 0 Å². The first-order chi connectivity index (χ1) is 8.84. The molecular formula is C13H12ClN3O. The highest BCUT2D eigenvalue weighted by Crippen LogP contribution is 2.29. The number of fused-ring (bicyclic) bond motifs is 1. The normalized spacial score (nSPS) is 11.2. The summed E-state index contributed by atoms with van der Waals surface area (Å²) in [5, 5.41) is 4.78. The number of nitrogens with zero attached hydrogens (tertiary/aromatic N) is 1. The highest BCUT2D eigenvalue weighted by Gasteiger charge is 2.11. The Morgan fingerprint density at radius 3 is 3.00 bits per heavy atom. The molecule has 0 spiro atoms. The minimum Gasteiger partial charge on any atom is -0.444 e. The molecule has 0 amide bonds. The maximum Gasteiger partial charge on any atom is 0.199 e. The third kappa shape index (κ3) is 2.12. The van der Waals surface area contributed by atoms with Gasteiger partial charge in [0, 0.05) is 29.9 Å². The molecule has 0 radical (unpaired) electrons. The van der Waals surface area contributed by atoms with E-state index in [1.807, 2.05) is 24.3 Å². The van der Waals surface area contributed by atoms with Crippen molar-refractivity contribution in [3.63, 3.8) is 0 Å². The van der Waals surface area contributed by atoms with Crippen LogP contribution >= 0.6 is 11.6 Å². The second kappa shape index (κ2) is 4.84. The van der Waals surface area contributed by atoms with Crippen molar-refractivity contribution in [3.05, 3.63) is 53.3 Å². The van der Waals surface area contributed by atoms with Gasteiger partial charge in [-0.15, -0.1) is 0 Å². The summed E-state index contributed by atoms with van der Waals surface area (Å²) in [5.41, 5.74) is 1.80. The van der Waals surface area contributed by atoms with Crippen LogP contribution in [0.5, 0.6) is 0 Å². The van der Waals surface area contributed by atoms with E-state index in [4.69, 9.17) is 16.0 Å². The van der Waals surface area contributed by atoms with Crippen LogP contribution in [0.15, 0.2) is 41.1 Å². The standard InChI is InChI=1S/C13H12ClN3O/c14-13-10(7-15-8-12-16-5-6-17-12)9-3-1-2-4-11(9)18-13/h1-6,15H,7-8H2,(H,16,17). The number of furan rings is 1. The molecule has 92 valence electrons. The number of aromatic amines is 1. The number of H-pyrrole nitrogens is 1. The van der Waals surface area contributed by atoms with Crippen LogP contribution in [-0.2, 0) is 13.1 Å². The first-order valence-electron chi connectivity index (χ1n) is 5.69. The summed E-state index contributed by atoms with van der Waals surface area (Å²) in [6.07, 6.45) is 3.54. The highest BCUT2D eigenvalue weighted by molar-refractivity contribution is 6.30. The molecule has 0 aliphatic heterocycles. The summed E-state index contributed by atoms with van der Waals surface area (Å²) in [5.74, 6) is 0.902. The first-order valence-corrected chi connectivity index (χ1v) is 6.07. The summed E-state index contributed by atoms with van der Waals surface area (Å²) >= 11 is 6.10. The summed E-state index contributed by atoms with van der Waals surface area (Å²) in [6, 6.07) is 7.83. The molecule has 0 unspecified atom stereocenters. The molecule has 0 aliphatic carbocycles. The molecule has 4 nitrogen and oxygen atoms in total. The van der Waals surface area contributed by atoms with Crippen molar-refractivity contribution < 1.29 is 4.42 Å². The molecule has 0 aliphatic rings. The van der Waals surface area contributed by atoms with Crippen LogP contribution in [-0.4, -0.2) is 9.97 Å². The van der Waals surface area contributed by atoms with Crippen molar-refractivity contribution >= 4 is 22.6 Å². The molecule has 18 heavy (non-hydrogen) atoms. The zero-order valence-corrected chi connectivity index (χ0v) is 10.4. The van der Waals surface area contributed by atoms with Crippen LogP contribution in [0.3, 0.4) is 0 Å². The van der Waals surface area contributed by atoms with Gasteiger partial charge in [0.2, 0.25) is 0 Å². The lowest BCUT2D eigenvalue weighted by Crippen LogP contribution is -2.13. The van der Waals surface area contributed by atoms with Crippen molar-refractivity contribution in [2.45, 2.75) is 13.1 Å². The number of aromatic nitrogens is 2. The summed E-state index contributed by atoms with van der Waals surface area (Å²) in [6.45, 7) is 1.32. The maximum absolute atomic E-state index is 6.10. The topological polar surface area (TPSA) is 53.9 Å². The number of benzene rings is 1. The number of rotatable bonds is 4. The van der Waals surface area contributed by atoms with E-state index < -0.39 is 0 Å². The van der Waals surface area contributed by atoms with E-state index in [9.17, 15) is 0 Å². The zero-order valence-electron chi connectivity index (χ0n) is 9.61. The van der Waals surface area contributed by atoms with E-state index in [-0.39, 0.29) is 0 Å². The van der Waals surface area contributed by atoms with Gasteiger partial charge in [-0.05, 0) is 17.7 Å². The molecule has 1 aromatic carbocycles. The largest absolute Gasteiger partial charge is 0.444 e. The fraction of sp³-hybridized carbons (Fsp3) is 0.154. The minimum atomic E-state index is 0.447. The third-order valence-corrected chi connectivity index (χ3v) is 3.10. The second-order valence-corrected chi connectivity index (χ2v) is 4.33. The average Bonchev–Trinajstić information content (AvgIpc) is 2.98. The lowest BCUT2D eigenvalue weighted by atomic mass is 10.2. The quantitative estimate of drug-likeness (QED) is 0.759. The van der Waals surface area contributed by atoms with Gasteiger partial charge < -0.3 is 14.7 Å². The fourth-order valence-corrected chi connectivity index (χ4v) is 2.19. The Bertz CT molecular complexity index is 645. The predicted molar refractivity (Wildman–Crippen MR) is 70.4 cm³/mol. The monoisotopic (exact) mass is 261 g/mol. The summed E-state index contributed by atoms with van der Waals surface area (Å²) < 4.78 is 5.49. The van der Waals surface area contributed by atoms with E-state index in [2.05, 4.69) is 15.3 Å². The van der Waals surface area contributed by atoms with Gasteiger partial charge in [0.05, 0.1) is 6.54 Å². The van der Waals surface area contributed by atoms with Gasteiger partial charge >= 0.3 is 0 Å². The molecule has 3 aromatic rings. The maximum atomic E-state index is 6.10. The third-order valence-electron chi connectivity index (χ3n) is 2.80. The molecular weight excluding hydrogens is 250 g/mol. The molecule has 0 atom stereocenters. The van der Waals surface area contributed by atoms with E-state index in [0.717, 1.165) is 22.4 Å². The molecule has 3 rings (SSSR count). The van der Waals surface area contributed by atoms with Crippen molar-refractivity contribution in [1.29, 1.82) is 0 Å². The van der Waals surface area contributed by atoms with Gasteiger partial charge in [-0.1, -0.05) is 18.2 Å². The Kier molecular flexibility index (Phi) is 3.04. The van der Waals surface area contributed by atoms with Gasteiger partial charge in [0.1, 0.15) is 11.4 Å². The Morgan fingerprint density at radius 2 is 2.17 bits per heavy atom. The van der Waals surface area contributed by atoms with Crippen molar-refractivity contribution in [3.8, 4) is 0 Å². The van der Waals surface area contributed by atoms with Gasteiger partial charge in [0.25, 0.3) is 0 Å². The summed E-state index contributed by atoms with van der Waals surface area (Å²) in [7, 11) is 0. The Hall–Kier alpha value is -1.78. The van der Waals surface area contributed by atoms with Crippen LogP contribution < -0.4 is 5.32 Å². The molecule has 2 aromatic heterocycles. The molecule has 0 bridgehead atoms. The van der Waals surface area contributed by atoms with Crippen LogP contribution in [0.2, 0.25) is 5.22 Å². The first kappa shape index (κ1) is 11.3. The zero-order chi connectivity index (χ0) is 12.4. The molecule has 0 saturated heterocycles. The van der Waals surface area contributed by atoms with Gasteiger partial charge in [-0.2, -0.15) is 0 Å². The highest BCUT2D eigenvalue weighted by atomic mass is 35.5. The van der Waals surface area contributed by atoms with Gasteiger partial charge in [-0.25, -0.2) is 4.98 Å². The number of hydrogen-bond acceptors (Lipinski definition) is 3. The van der Waals surface area contributed by atoms with E-state index in [0.29, 0.717) is 18.3 Å². The second-order valence-electron chi connectivity index (χ2n) is 3.99. The molecule has 5 heteroatoms. The molecule has 0 fully saturated rings. The van der Waals surface area contributed by atoms with Crippen LogP contribution in [0.1, 0.15) is 11.4 Å². The van der Waals surface area contributed by atoms with E-state index in [1.165, 1.54) is 0 Å². The van der Waals surface area contributed by atoms with Gasteiger partial charge in [-0.3, -0.25) is 0 Å². The summed E-state index contributed by atoms with van der Waals surface area (Å²) in [4.78, 5) is 7.18. The Labute approximate surface area is 109 Å². The predicted octanol–water partition coefficient (Wildman–Crippen LogP) is 3.10. The number of hydrogen-bond donors (Lipinski definition) is 2. The SMILES string of the molecule is Clc1oc2ccccc2c1CNCc1ncc[nH]1. The molecule has 0 saturated carbocycles. The Balaban J connectivity index is 1.76. The smallest absolute Gasteiger partial charge is 0.199 e. The van der Waals surface area contributed by atoms with Crippen molar-refractivity contribution in [2.24, 2.45) is 0 Å². The van der Waals surface area contributed by atoms with Crippen molar-refractivity contribution in [2.75, 3.05) is 0 Å². The van der Waals surface area contributed by atoms with Crippen LogP contribution in [0.4, 0.5) is 0 Å². The minimum absolute atomic E-state index is 0.447.